The Morgan fingerprint density at radius 1 is 1.13 bits per heavy atom. The summed E-state index contributed by atoms with van der Waals surface area (Å²) in [6, 6.07) is 11.2. The van der Waals surface area contributed by atoms with Gasteiger partial charge in [0.2, 0.25) is 5.96 Å². The van der Waals surface area contributed by atoms with Crippen LogP contribution < -0.4 is 11.1 Å². The highest BCUT2D eigenvalue weighted by Crippen LogP contribution is 2.19. The number of aromatic nitrogens is 1. The lowest BCUT2D eigenvalue weighted by atomic mass is 10.1. The van der Waals surface area contributed by atoms with E-state index >= 15 is 0 Å². The van der Waals surface area contributed by atoms with Gasteiger partial charge in [0.15, 0.2) is 0 Å². The fraction of sp³-hybridized carbons (Fsp3) is 0.278. The highest BCUT2D eigenvalue weighted by atomic mass is 16.1. The molecular weight excluding hydrogens is 288 g/mol. The molecule has 1 aromatic carbocycles. The fourth-order valence-electron chi connectivity index (χ4n) is 2.75. The van der Waals surface area contributed by atoms with Crippen LogP contribution in [0.1, 0.15) is 40.9 Å². The zero-order valence-electron chi connectivity index (χ0n) is 13.0. The molecule has 3 N–H and O–H groups in total. The Labute approximate surface area is 135 Å². The highest BCUT2D eigenvalue weighted by molar-refractivity contribution is 6.05. The molecule has 0 saturated heterocycles. The van der Waals surface area contributed by atoms with Crippen molar-refractivity contribution in [2.45, 2.75) is 32.1 Å². The number of aryl methyl sites for hydroxylation is 2. The van der Waals surface area contributed by atoms with Gasteiger partial charge in [0.1, 0.15) is 0 Å². The third kappa shape index (κ3) is 3.94. The lowest BCUT2D eigenvalue weighted by molar-refractivity contribution is 0.0976. The quantitative estimate of drug-likeness (QED) is 0.508. The predicted molar refractivity (Wildman–Crippen MR) is 90.7 cm³/mol. The van der Waals surface area contributed by atoms with Crippen molar-refractivity contribution in [3.05, 3.63) is 59.4 Å². The van der Waals surface area contributed by atoms with E-state index in [2.05, 4.69) is 15.3 Å². The number of benzene rings is 1. The van der Waals surface area contributed by atoms with Crippen LogP contribution in [0.15, 0.2) is 47.6 Å². The molecule has 0 aliphatic heterocycles. The van der Waals surface area contributed by atoms with Crippen molar-refractivity contribution in [2.75, 3.05) is 0 Å². The molecule has 0 atom stereocenters. The first-order valence-electron chi connectivity index (χ1n) is 7.91. The normalized spacial score (nSPS) is 14.7. The van der Waals surface area contributed by atoms with E-state index in [0.29, 0.717) is 11.3 Å². The van der Waals surface area contributed by atoms with E-state index in [-0.39, 0.29) is 11.9 Å². The summed E-state index contributed by atoms with van der Waals surface area (Å²) < 4.78 is 0. The van der Waals surface area contributed by atoms with E-state index in [9.17, 15) is 4.79 Å². The van der Waals surface area contributed by atoms with Crippen LogP contribution >= 0.6 is 0 Å². The van der Waals surface area contributed by atoms with Crippen molar-refractivity contribution in [2.24, 2.45) is 10.7 Å². The molecule has 0 spiro atoms. The van der Waals surface area contributed by atoms with Crippen LogP contribution in [0.5, 0.6) is 0 Å². The summed E-state index contributed by atoms with van der Waals surface area (Å²) in [4.78, 5) is 20.9. The molecule has 1 aliphatic rings. The van der Waals surface area contributed by atoms with E-state index in [4.69, 9.17) is 5.73 Å². The number of guanidine groups is 1. The van der Waals surface area contributed by atoms with Gasteiger partial charge in [0.05, 0.1) is 11.3 Å². The summed E-state index contributed by atoms with van der Waals surface area (Å²) in [6.45, 7) is 0. The smallest absolute Gasteiger partial charge is 0.259 e. The van der Waals surface area contributed by atoms with Crippen molar-refractivity contribution in [3.8, 4) is 0 Å². The van der Waals surface area contributed by atoms with Crippen molar-refractivity contribution in [1.29, 1.82) is 0 Å². The van der Waals surface area contributed by atoms with Crippen molar-refractivity contribution in [1.82, 2.24) is 10.3 Å². The number of hydrogen-bond acceptors (Lipinski definition) is 3. The minimum Gasteiger partial charge on any atom is -0.369 e. The van der Waals surface area contributed by atoms with Crippen molar-refractivity contribution >= 4 is 17.6 Å². The van der Waals surface area contributed by atoms with Gasteiger partial charge in [-0.25, -0.2) is 4.99 Å². The molecule has 0 unspecified atom stereocenters. The monoisotopic (exact) mass is 308 g/mol. The molecule has 1 amide bonds. The predicted octanol–water partition coefficient (Wildman–Crippen LogP) is 2.73. The maximum absolute atomic E-state index is 12.3. The topological polar surface area (TPSA) is 80.4 Å². The average Bonchev–Trinajstić information content (AvgIpc) is 2.80. The van der Waals surface area contributed by atoms with Crippen LogP contribution in [-0.4, -0.2) is 16.9 Å². The summed E-state index contributed by atoms with van der Waals surface area (Å²) in [7, 11) is 0. The molecular formula is C18H20N4O. The standard InChI is InChI=1S/C18H20N4O/c19-18(21-15-8-4-2-5-9-15)22-17(23)14-11-13-7-3-1-6-10-16(13)20-12-14/h2,4-5,8-9,11-12H,1,3,6-7,10H2,(H3,19,21,22,23). The van der Waals surface area contributed by atoms with Crippen LogP contribution in [0.2, 0.25) is 0 Å². The Balaban J connectivity index is 1.73. The van der Waals surface area contributed by atoms with Gasteiger partial charge in [-0.1, -0.05) is 24.6 Å². The van der Waals surface area contributed by atoms with Crippen molar-refractivity contribution in [3.63, 3.8) is 0 Å². The second-order valence-corrected chi connectivity index (χ2v) is 5.68. The van der Waals surface area contributed by atoms with E-state index in [0.717, 1.165) is 25.0 Å². The molecule has 23 heavy (non-hydrogen) atoms. The van der Waals surface area contributed by atoms with E-state index in [1.54, 1.807) is 6.20 Å². The molecule has 2 aromatic rings. The first kappa shape index (κ1) is 15.2. The number of hydrogen-bond donors (Lipinski definition) is 2. The number of carbonyl (C=O) groups excluding carboxylic acids is 1. The third-order valence-electron chi connectivity index (χ3n) is 3.93. The summed E-state index contributed by atoms with van der Waals surface area (Å²) in [5.74, 6) is -0.196. The number of carbonyl (C=O) groups is 1. The van der Waals surface area contributed by atoms with Crippen LogP contribution in [0.25, 0.3) is 0 Å². The first-order valence-corrected chi connectivity index (χ1v) is 7.91. The Morgan fingerprint density at radius 3 is 2.74 bits per heavy atom. The number of aliphatic imine (C=N–C) groups is 1. The number of nitrogens with two attached hydrogens (primary N) is 1. The number of nitrogens with zero attached hydrogens (tertiary/aromatic N) is 2. The van der Waals surface area contributed by atoms with Gasteiger partial charge in [0.25, 0.3) is 5.91 Å². The molecule has 1 heterocycles. The largest absolute Gasteiger partial charge is 0.369 e. The van der Waals surface area contributed by atoms with Gasteiger partial charge >= 0.3 is 0 Å². The summed E-state index contributed by atoms with van der Waals surface area (Å²) in [5, 5.41) is 2.62. The Kier molecular flexibility index (Phi) is 4.66. The number of rotatable bonds is 2. The summed E-state index contributed by atoms with van der Waals surface area (Å²) in [5.41, 5.74) is 9.32. The number of amides is 1. The molecule has 5 nitrogen and oxygen atoms in total. The second-order valence-electron chi connectivity index (χ2n) is 5.68. The third-order valence-corrected chi connectivity index (χ3v) is 3.93. The maximum atomic E-state index is 12.3. The number of nitrogens with one attached hydrogen (secondary N) is 1. The molecule has 0 fully saturated rings. The Morgan fingerprint density at radius 2 is 1.91 bits per heavy atom. The van der Waals surface area contributed by atoms with Crippen LogP contribution in [-0.2, 0) is 12.8 Å². The van der Waals surface area contributed by atoms with Gasteiger partial charge in [-0.2, -0.15) is 0 Å². The molecule has 1 aliphatic carbocycles. The zero-order chi connectivity index (χ0) is 16.1. The lowest BCUT2D eigenvalue weighted by Gasteiger charge is -2.08. The molecule has 0 bridgehead atoms. The first-order chi connectivity index (χ1) is 11.2. The Bertz CT molecular complexity index is 725. The minimum atomic E-state index is -0.276. The summed E-state index contributed by atoms with van der Waals surface area (Å²) in [6.07, 6.45) is 7.13. The Hall–Kier alpha value is -2.69. The minimum absolute atomic E-state index is 0.0798. The molecule has 3 rings (SSSR count). The average molecular weight is 308 g/mol. The van der Waals surface area contributed by atoms with Gasteiger partial charge in [0, 0.05) is 11.9 Å². The van der Waals surface area contributed by atoms with E-state index in [1.165, 1.54) is 18.4 Å². The fourth-order valence-corrected chi connectivity index (χ4v) is 2.75. The van der Waals surface area contributed by atoms with Gasteiger partial charge in [-0.15, -0.1) is 0 Å². The van der Waals surface area contributed by atoms with Crippen LogP contribution in [0, 0.1) is 0 Å². The van der Waals surface area contributed by atoms with E-state index < -0.39 is 0 Å². The van der Waals surface area contributed by atoms with Crippen molar-refractivity contribution < 1.29 is 4.79 Å². The zero-order valence-corrected chi connectivity index (χ0v) is 13.0. The van der Waals surface area contributed by atoms with Gasteiger partial charge < -0.3 is 5.73 Å². The number of pyridine rings is 1. The highest BCUT2D eigenvalue weighted by Gasteiger charge is 2.13. The van der Waals surface area contributed by atoms with E-state index in [1.807, 2.05) is 36.4 Å². The number of fused-ring (bicyclic) bond motifs is 1. The van der Waals surface area contributed by atoms with Gasteiger partial charge in [-0.3, -0.25) is 15.1 Å². The second kappa shape index (κ2) is 7.05. The molecule has 0 radical (unpaired) electrons. The number of para-hydroxylation sites is 1. The maximum Gasteiger partial charge on any atom is 0.259 e. The SMILES string of the molecule is NC(=Nc1ccccc1)NC(=O)c1cnc2c(c1)CCCCC2. The molecule has 0 saturated carbocycles. The molecule has 1 aromatic heterocycles. The van der Waals surface area contributed by atoms with Crippen LogP contribution in [0.3, 0.4) is 0 Å². The van der Waals surface area contributed by atoms with Crippen LogP contribution in [0.4, 0.5) is 5.69 Å². The molecule has 5 heteroatoms. The summed E-state index contributed by atoms with van der Waals surface area (Å²) >= 11 is 0. The molecule has 118 valence electrons. The lowest BCUT2D eigenvalue weighted by Crippen LogP contribution is -2.36. The van der Waals surface area contributed by atoms with Gasteiger partial charge in [-0.05, 0) is 49.4 Å².